The number of para-hydroxylation sites is 1. The number of aryl methyl sites for hydroxylation is 1. The third kappa shape index (κ3) is 3.47. The highest BCUT2D eigenvalue weighted by atomic mass is 16.2. The van der Waals surface area contributed by atoms with Crippen LogP contribution in [0.2, 0.25) is 0 Å². The average molecular weight is 403 g/mol. The Morgan fingerprint density at radius 2 is 1.77 bits per heavy atom. The zero-order valence-electron chi connectivity index (χ0n) is 17.9. The number of anilines is 1. The zero-order valence-corrected chi connectivity index (χ0v) is 17.9. The lowest BCUT2D eigenvalue weighted by Crippen LogP contribution is -2.50. The molecule has 5 heteroatoms. The first-order chi connectivity index (χ1) is 14.6. The van der Waals surface area contributed by atoms with Gasteiger partial charge >= 0.3 is 0 Å². The zero-order chi connectivity index (χ0) is 20.7. The first kappa shape index (κ1) is 19.2. The Bertz CT molecular complexity index is 1080. The molecule has 0 aliphatic carbocycles. The number of aromatic nitrogens is 1. The third-order valence-electron chi connectivity index (χ3n) is 6.88. The van der Waals surface area contributed by atoms with E-state index in [9.17, 15) is 4.79 Å². The Morgan fingerprint density at radius 1 is 0.967 bits per heavy atom. The lowest BCUT2D eigenvalue weighted by atomic mass is 10.0. The topological polar surface area (TPSA) is 42.6 Å². The molecule has 2 aliphatic heterocycles. The van der Waals surface area contributed by atoms with Crippen molar-refractivity contribution in [2.24, 2.45) is 0 Å². The number of benzene rings is 2. The number of aromatic amines is 1. The van der Waals surface area contributed by atoms with E-state index >= 15 is 0 Å². The Balaban J connectivity index is 1.20. The van der Waals surface area contributed by atoms with Crippen LogP contribution in [0.4, 0.5) is 5.69 Å². The fourth-order valence-electron chi connectivity index (χ4n) is 4.90. The van der Waals surface area contributed by atoms with Gasteiger partial charge in [-0.2, -0.15) is 0 Å². The Labute approximate surface area is 178 Å². The number of fused-ring (bicyclic) bond motifs is 3. The van der Waals surface area contributed by atoms with E-state index in [1.54, 1.807) is 0 Å². The molecule has 2 aliphatic rings. The molecule has 1 N–H and O–H groups in total. The predicted octanol–water partition coefficient (Wildman–Crippen LogP) is 3.49. The summed E-state index contributed by atoms with van der Waals surface area (Å²) >= 11 is 0. The number of carbonyl (C=O) groups excluding carboxylic acids is 1. The number of hydrogen-bond acceptors (Lipinski definition) is 3. The molecule has 0 saturated carbocycles. The molecular weight excluding hydrogens is 372 g/mol. The van der Waals surface area contributed by atoms with Crippen molar-refractivity contribution >= 4 is 22.5 Å². The van der Waals surface area contributed by atoms with Crippen LogP contribution in [0.3, 0.4) is 0 Å². The van der Waals surface area contributed by atoms with Crippen LogP contribution in [-0.4, -0.2) is 60.0 Å². The molecule has 0 atom stereocenters. The first-order valence-electron chi connectivity index (χ1n) is 11.0. The summed E-state index contributed by atoms with van der Waals surface area (Å²) in [7, 11) is 0. The molecule has 1 amide bonds. The van der Waals surface area contributed by atoms with Gasteiger partial charge in [-0.15, -0.1) is 0 Å². The molecule has 5 nitrogen and oxygen atoms in total. The molecule has 5 rings (SSSR count). The predicted molar refractivity (Wildman–Crippen MR) is 122 cm³/mol. The number of piperazine rings is 1. The summed E-state index contributed by atoms with van der Waals surface area (Å²) in [6.07, 6.45) is 0.913. The second-order valence-electron chi connectivity index (χ2n) is 8.68. The molecule has 30 heavy (non-hydrogen) atoms. The molecule has 1 aromatic heterocycles. The maximum Gasteiger partial charge on any atom is 0.237 e. The van der Waals surface area contributed by atoms with Gasteiger partial charge in [0.25, 0.3) is 0 Å². The standard InChI is InChI=1S/C25H30N4O/c1-18-6-5-9-24(19(18)2)28-14-12-27(13-15-28)17-25(30)29-11-10-23-21(16-29)20-7-3-4-8-22(20)26-23/h3-9,26H,10-17H2,1-2H3. The number of amides is 1. The van der Waals surface area contributed by atoms with E-state index in [1.165, 1.54) is 39.0 Å². The molecule has 156 valence electrons. The van der Waals surface area contributed by atoms with Gasteiger partial charge in [-0.05, 0) is 37.1 Å². The summed E-state index contributed by atoms with van der Waals surface area (Å²) in [5.74, 6) is 0.256. The van der Waals surface area contributed by atoms with Gasteiger partial charge in [-0.1, -0.05) is 30.3 Å². The van der Waals surface area contributed by atoms with Crippen LogP contribution in [0.25, 0.3) is 10.9 Å². The summed E-state index contributed by atoms with van der Waals surface area (Å²) in [5, 5.41) is 1.26. The number of hydrogen-bond donors (Lipinski definition) is 1. The Morgan fingerprint density at radius 3 is 2.60 bits per heavy atom. The third-order valence-corrected chi connectivity index (χ3v) is 6.88. The highest BCUT2D eigenvalue weighted by Gasteiger charge is 2.26. The Kier molecular flexibility index (Phi) is 4.99. The molecule has 1 saturated heterocycles. The van der Waals surface area contributed by atoms with Gasteiger partial charge in [-0.25, -0.2) is 0 Å². The summed E-state index contributed by atoms with van der Waals surface area (Å²) in [6, 6.07) is 14.9. The number of rotatable bonds is 3. The molecular formula is C25H30N4O. The van der Waals surface area contributed by atoms with Gasteiger partial charge in [0.2, 0.25) is 5.91 Å². The van der Waals surface area contributed by atoms with Gasteiger partial charge in [0.05, 0.1) is 6.54 Å². The molecule has 0 unspecified atom stereocenters. The first-order valence-corrected chi connectivity index (χ1v) is 11.0. The van der Waals surface area contributed by atoms with Crippen LogP contribution < -0.4 is 4.90 Å². The van der Waals surface area contributed by atoms with Gasteiger partial charge < -0.3 is 14.8 Å². The van der Waals surface area contributed by atoms with Crippen molar-refractivity contribution in [2.45, 2.75) is 26.8 Å². The monoisotopic (exact) mass is 402 g/mol. The van der Waals surface area contributed by atoms with Crippen molar-refractivity contribution in [1.29, 1.82) is 0 Å². The van der Waals surface area contributed by atoms with Crippen molar-refractivity contribution < 1.29 is 4.79 Å². The number of H-pyrrole nitrogens is 1. The van der Waals surface area contributed by atoms with Gasteiger partial charge in [0.1, 0.15) is 0 Å². The SMILES string of the molecule is Cc1cccc(N2CCN(CC(=O)N3CCc4[nH]c5ccccc5c4C3)CC2)c1C. The largest absolute Gasteiger partial charge is 0.369 e. The van der Waals surface area contributed by atoms with Crippen LogP contribution >= 0.6 is 0 Å². The maximum absolute atomic E-state index is 13.0. The summed E-state index contributed by atoms with van der Waals surface area (Å²) in [5.41, 5.74) is 7.81. The van der Waals surface area contributed by atoms with Gasteiger partial charge in [0, 0.05) is 73.5 Å². The van der Waals surface area contributed by atoms with Crippen LogP contribution in [0.1, 0.15) is 22.4 Å². The lowest BCUT2D eigenvalue weighted by molar-refractivity contribution is -0.133. The number of nitrogens with zero attached hydrogens (tertiary/aromatic N) is 3. The smallest absolute Gasteiger partial charge is 0.237 e. The van der Waals surface area contributed by atoms with Crippen molar-refractivity contribution in [3.8, 4) is 0 Å². The van der Waals surface area contributed by atoms with Gasteiger partial charge in [-0.3, -0.25) is 9.69 Å². The fraction of sp³-hybridized carbons (Fsp3) is 0.400. The molecule has 3 aromatic rings. The minimum absolute atomic E-state index is 0.256. The summed E-state index contributed by atoms with van der Waals surface area (Å²) in [6.45, 7) is 10.3. The van der Waals surface area contributed by atoms with Crippen molar-refractivity contribution in [3.05, 3.63) is 64.8 Å². The summed E-state index contributed by atoms with van der Waals surface area (Å²) in [4.78, 5) is 23.4. The molecule has 3 heterocycles. The molecule has 0 spiro atoms. The van der Waals surface area contributed by atoms with Crippen molar-refractivity contribution in [1.82, 2.24) is 14.8 Å². The Hall–Kier alpha value is -2.79. The maximum atomic E-state index is 13.0. The molecule has 2 aromatic carbocycles. The van der Waals surface area contributed by atoms with Crippen molar-refractivity contribution in [3.63, 3.8) is 0 Å². The van der Waals surface area contributed by atoms with Crippen molar-refractivity contribution in [2.75, 3.05) is 44.2 Å². The quantitative estimate of drug-likeness (QED) is 0.729. The highest BCUT2D eigenvalue weighted by Crippen LogP contribution is 2.28. The molecule has 1 fully saturated rings. The highest BCUT2D eigenvalue weighted by molar-refractivity contribution is 5.86. The minimum atomic E-state index is 0.256. The minimum Gasteiger partial charge on any atom is -0.369 e. The van der Waals surface area contributed by atoms with Crippen LogP contribution in [0, 0.1) is 13.8 Å². The number of nitrogens with one attached hydrogen (secondary N) is 1. The normalized spacial score (nSPS) is 17.4. The van der Waals surface area contributed by atoms with E-state index in [2.05, 4.69) is 71.1 Å². The van der Waals surface area contributed by atoms with Crippen LogP contribution in [0.5, 0.6) is 0 Å². The second-order valence-corrected chi connectivity index (χ2v) is 8.68. The van der Waals surface area contributed by atoms with E-state index in [4.69, 9.17) is 0 Å². The van der Waals surface area contributed by atoms with Crippen LogP contribution in [-0.2, 0) is 17.8 Å². The van der Waals surface area contributed by atoms with Crippen LogP contribution in [0.15, 0.2) is 42.5 Å². The van der Waals surface area contributed by atoms with E-state index in [0.717, 1.165) is 45.7 Å². The van der Waals surface area contributed by atoms with E-state index in [-0.39, 0.29) is 5.91 Å². The van der Waals surface area contributed by atoms with Gasteiger partial charge in [0.15, 0.2) is 0 Å². The lowest BCUT2D eigenvalue weighted by Gasteiger charge is -2.38. The molecule has 0 bridgehead atoms. The van der Waals surface area contributed by atoms with E-state index in [1.807, 2.05) is 4.90 Å². The number of carbonyl (C=O) groups is 1. The second kappa shape index (κ2) is 7.80. The van der Waals surface area contributed by atoms with E-state index < -0.39 is 0 Å². The summed E-state index contributed by atoms with van der Waals surface area (Å²) < 4.78 is 0. The molecule has 0 radical (unpaired) electrons. The average Bonchev–Trinajstić information content (AvgIpc) is 3.14. The fourth-order valence-corrected chi connectivity index (χ4v) is 4.90. The van der Waals surface area contributed by atoms with E-state index in [0.29, 0.717) is 6.54 Å².